The molecule has 1 amide bonds. The van der Waals surface area contributed by atoms with Crippen LogP contribution in [0.4, 0.5) is 21.7 Å². The van der Waals surface area contributed by atoms with Gasteiger partial charge in [-0.3, -0.25) is 4.79 Å². The fourth-order valence-electron chi connectivity index (χ4n) is 2.58. The maximum absolute atomic E-state index is 13.9. The molecule has 0 aliphatic rings. The van der Waals surface area contributed by atoms with Crippen molar-refractivity contribution < 1.29 is 14.3 Å². The van der Waals surface area contributed by atoms with Gasteiger partial charge in [-0.1, -0.05) is 0 Å². The molecule has 0 aromatic carbocycles. The predicted molar refractivity (Wildman–Crippen MR) is 108 cm³/mol. The second-order valence-electron chi connectivity index (χ2n) is 7.05. The van der Waals surface area contributed by atoms with E-state index in [-0.39, 0.29) is 12.1 Å². The van der Waals surface area contributed by atoms with Gasteiger partial charge in [-0.15, -0.1) is 0 Å². The summed E-state index contributed by atoms with van der Waals surface area (Å²) in [6.45, 7) is 4.88. The first kappa shape index (κ1) is 20.5. The molecule has 0 fully saturated rings. The smallest absolute Gasteiger partial charge is 0.255 e. The molecular formula is C19H24FN7O2. The Kier molecular flexibility index (Phi) is 5.92. The van der Waals surface area contributed by atoms with Crippen molar-refractivity contribution in [2.45, 2.75) is 32.5 Å². The summed E-state index contributed by atoms with van der Waals surface area (Å²) in [5.74, 6) is 0.593. The quantitative estimate of drug-likeness (QED) is 0.457. The Bertz CT molecular complexity index is 1000. The highest BCUT2D eigenvalue weighted by molar-refractivity contribution is 5.99. The maximum Gasteiger partial charge on any atom is 0.255 e. The van der Waals surface area contributed by atoms with Crippen LogP contribution in [0.1, 0.15) is 31.1 Å². The van der Waals surface area contributed by atoms with E-state index >= 15 is 0 Å². The molecule has 3 aromatic heterocycles. The Hall–Kier alpha value is -3.27. The number of amides is 1. The number of nitrogens with zero attached hydrogens (tertiary/aromatic N) is 4. The molecule has 0 bridgehead atoms. The number of carbonyl (C=O) groups excluding carboxylic acids is 1. The van der Waals surface area contributed by atoms with Crippen molar-refractivity contribution in [1.82, 2.24) is 24.9 Å². The number of rotatable bonds is 8. The summed E-state index contributed by atoms with van der Waals surface area (Å²) < 4.78 is 15.6. The number of aliphatic hydroxyl groups is 1. The minimum atomic E-state index is -1.59. The molecule has 3 rings (SSSR count). The Labute approximate surface area is 167 Å². The number of hydrogen-bond acceptors (Lipinski definition) is 7. The molecule has 3 aromatic rings. The zero-order chi connectivity index (χ0) is 21.0. The van der Waals surface area contributed by atoms with Crippen molar-refractivity contribution in [2.24, 2.45) is 0 Å². The number of aromatic nitrogens is 4. The number of halogens is 1. The van der Waals surface area contributed by atoms with E-state index in [2.05, 4.69) is 31.0 Å². The molecule has 0 saturated carbocycles. The highest BCUT2D eigenvalue weighted by atomic mass is 19.1. The Balaban J connectivity index is 1.76. The van der Waals surface area contributed by atoms with Crippen LogP contribution in [-0.4, -0.2) is 55.5 Å². The molecular weight excluding hydrogens is 377 g/mol. The normalized spacial score (nSPS) is 12.6. The van der Waals surface area contributed by atoms with Gasteiger partial charge in [0.05, 0.1) is 29.6 Å². The molecule has 4 N–H and O–H groups in total. The van der Waals surface area contributed by atoms with Crippen molar-refractivity contribution in [1.29, 1.82) is 0 Å². The highest BCUT2D eigenvalue weighted by Crippen LogP contribution is 2.21. The summed E-state index contributed by atoms with van der Waals surface area (Å²) in [4.78, 5) is 21.2. The molecule has 3 heterocycles. The first-order valence-corrected chi connectivity index (χ1v) is 9.24. The minimum absolute atomic E-state index is 0.277. The Morgan fingerprint density at radius 2 is 2.14 bits per heavy atom. The van der Waals surface area contributed by atoms with Gasteiger partial charge in [0.15, 0.2) is 5.65 Å². The molecule has 0 spiro atoms. The summed E-state index contributed by atoms with van der Waals surface area (Å²) in [5.41, 5.74) is -0.0235. The Morgan fingerprint density at radius 3 is 2.86 bits per heavy atom. The number of hydrogen-bond donors (Lipinski definition) is 4. The molecule has 0 aliphatic heterocycles. The SMILES string of the molecule is CCNc1cc(Nc2ccn3nccc3n2)ncc1C(=O)NCC(F)C(C)(C)O. The molecule has 9 nitrogen and oxygen atoms in total. The van der Waals surface area contributed by atoms with Crippen LogP contribution in [0.5, 0.6) is 0 Å². The molecule has 1 atom stereocenters. The van der Waals surface area contributed by atoms with E-state index in [1.54, 1.807) is 35.1 Å². The number of alkyl halides is 1. The van der Waals surface area contributed by atoms with E-state index in [1.165, 1.54) is 20.0 Å². The van der Waals surface area contributed by atoms with Gasteiger partial charge in [0.25, 0.3) is 5.91 Å². The number of anilines is 3. The molecule has 0 aliphatic carbocycles. The minimum Gasteiger partial charge on any atom is -0.387 e. The van der Waals surface area contributed by atoms with Crippen LogP contribution in [0.3, 0.4) is 0 Å². The van der Waals surface area contributed by atoms with Gasteiger partial charge in [0.1, 0.15) is 17.8 Å². The molecule has 0 saturated heterocycles. The van der Waals surface area contributed by atoms with Crippen LogP contribution in [0.25, 0.3) is 5.65 Å². The largest absolute Gasteiger partial charge is 0.387 e. The first-order valence-electron chi connectivity index (χ1n) is 9.24. The van der Waals surface area contributed by atoms with Gasteiger partial charge in [-0.05, 0) is 26.8 Å². The van der Waals surface area contributed by atoms with Gasteiger partial charge >= 0.3 is 0 Å². The van der Waals surface area contributed by atoms with Crippen LogP contribution in [0, 0.1) is 0 Å². The average Bonchev–Trinajstić information content (AvgIpc) is 3.13. The standard InChI is InChI=1S/C19H24FN7O2/c1-4-21-13-9-16(25-15-6-8-27-17(26-15)5-7-24-27)22-10-12(13)18(28)23-11-14(20)19(2,3)29/h5-10,14,29H,4,11H2,1-3H3,(H,23,28)(H2,21,22,25,26). The summed E-state index contributed by atoms with van der Waals surface area (Å²) >= 11 is 0. The number of fused-ring (bicyclic) bond motifs is 1. The third-order valence-corrected chi connectivity index (χ3v) is 4.24. The van der Waals surface area contributed by atoms with E-state index in [0.29, 0.717) is 29.5 Å². The zero-order valence-corrected chi connectivity index (χ0v) is 16.5. The topological polar surface area (TPSA) is 116 Å². The lowest BCUT2D eigenvalue weighted by molar-refractivity contribution is -0.00177. The summed E-state index contributed by atoms with van der Waals surface area (Å²) in [7, 11) is 0. The van der Waals surface area contributed by atoms with Crippen molar-refractivity contribution in [3.8, 4) is 0 Å². The van der Waals surface area contributed by atoms with Gasteiger partial charge in [-0.2, -0.15) is 5.10 Å². The van der Waals surface area contributed by atoms with E-state index in [9.17, 15) is 14.3 Å². The Morgan fingerprint density at radius 1 is 1.34 bits per heavy atom. The first-order chi connectivity index (χ1) is 13.8. The van der Waals surface area contributed by atoms with Crippen LogP contribution >= 0.6 is 0 Å². The summed E-state index contributed by atoms with van der Waals surface area (Å²) in [6, 6.07) is 5.22. The van der Waals surface area contributed by atoms with Gasteiger partial charge in [0, 0.05) is 31.1 Å². The lowest BCUT2D eigenvalue weighted by atomic mass is 10.0. The van der Waals surface area contributed by atoms with Gasteiger partial charge < -0.3 is 21.1 Å². The lowest BCUT2D eigenvalue weighted by Crippen LogP contribution is -2.42. The molecule has 1 unspecified atom stereocenters. The van der Waals surface area contributed by atoms with Gasteiger partial charge in [-0.25, -0.2) is 18.9 Å². The van der Waals surface area contributed by atoms with Gasteiger partial charge in [0.2, 0.25) is 0 Å². The number of nitrogens with one attached hydrogen (secondary N) is 3. The molecule has 10 heteroatoms. The van der Waals surface area contributed by atoms with E-state index in [1.807, 2.05) is 6.92 Å². The monoisotopic (exact) mass is 401 g/mol. The lowest BCUT2D eigenvalue weighted by Gasteiger charge is -2.22. The number of pyridine rings is 1. The fraction of sp³-hybridized carbons (Fsp3) is 0.368. The summed E-state index contributed by atoms with van der Waals surface area (Å²) in [5, 5.41) is 22.5. The van der Waals surface area contributed by atoms with E-state index in [0.717, 1.165) is 0 Å². The van der Waals surface area contributed by atoms with Crippen LogP contribution in [-0.2, 0) is 0 Å². The van der Waals surface area contributed by atoms with Crippen LogP contribution in [0.15, 0.2) is 36.8 Å². The predicted octanol–water partition coefficient (Wildman–Crippen LogP) is 2.14. The van der Waals surface area contributed by atoms with Crippen molar-refractivity contribution in [3.05, 3.63) is 42.4 Å². The molecule has 0 radical (unpaired) electrons. The maximum atomic E-state index is 13.9. The number of carbonyl (C=O) groups is 1. The van der Waals surface area contributed by atoms with Crippen molar-refractivity contribution in [2.75, 3.05) is 23.7 Å². The average molecular weight is 401 g/mol. The third kappa shape index (κ3) is 4.96. The van der Waals surface area contributed by atoms with E-state index < -0.39 is 17.7 Å². The second-order valence-corrected chi connectivity index (χ2v) is 7.05. The zero-order valence-electron chi connectivity index (χ0n) is 16.5. The third-order valence-electron chi connectivity index (χ3n) is 4.24. The highest BCUT2D eigenvalue weighted by Gasteiger charge is 2.27. The van der Waals surface area contributed by atoms with Crippen molar-refractivity contribution in [3.63, 3.8) is 0 Å². The molecule has 154 valence electrons. The van der Waals surface area contributed by atoms with Crippen LogP contribution < -0.4 is 16.0 Å². The molecule has 29 heavy (non-hydrogen) atoms. The van der Waals surface area contributed by atoms with Crippen LogP contribution in [0.2, 0.25) is 0 Å². The van der Waals surface area contributed by atoms with Crippen molar-refractivity contribution >= 4 is 28.9 Å². The summed E-state index contributed by atoms with van der Waals surface area (Å²) in [6.07, 6.45) is 3.24. The van der Waals surface area contributed by atoms with E-state index in [4.69, 9.17) is 0 Å². The second kappa shape index (κ2) is 8.39. The fourth-order valence-corrected chi connectivity index (χ4v) is 2.58.